The van der Waals surface area contributed by atoms with Crippen LogP contribution in [0.25, 0.3) is 16.7 Å². The molecular weight excluding hydrogens is 429 g/mol. The number of rotatable bonds is 2. The van der Waals surface area contributed by atoms with Crippen LogP contribution in [0.5, 0.6) is 0 Å². The van der Waals surface area contributed by atoms with Crippen LogP contribution in [0.2, 0.25) is 0 Å². The molecule has 2 aromatic carbocycles. The third-order valence-corrected chi connectivity index (χ3v) is 4.38. The highest BCUT2D eigenvalue weighted by molar-refractivity contribution is 9.10. The Morgan fingerprint density at radius 2 is 1.86 bits per heavy atom. The lowest BCUT2D eigenvalue weighted by molar-refractivity contribution is 0.573. The lowest BCUT2D eigenvalue weighted by Crippen LogP contribution is -2.03. The number of aromatic nitrogens is 2. The summed E-state index contributed by atoms with van der Waals surface area (Å²) in [5.41, 5.74) is 1.57. The maximum Gasteiger partial charge on any atom is 0.150 e. The van der Waals surface area contributed by atoms with Gasteiger partial charge in [0.25, 0.3) is 0 Å². The molecule has 0 spiro atoms. The molecule has 0 aliphatic carbocycles. The highest BCUT2D eigenvalue weighted by Crippen LogP contribution is 2.29. The van der Waals surface area contributed by atoms with E-state index in [1.54, 1.807) is 4.57 Å². The fourth-order valence-corrected chi connectivity index (χ4v) is 3.00. The summed E-state index contributed by atoms with van der Waals surface area (Å²) in [6.45, 7) is 0. The third kappa shape index (κ3) is 2.60. The van der Waals surface area contributed by atoms with Gasteiger partial charge in [-0.25, -0.2) is 13.8 Å². The topological polar surface area (TPSA) is 17.8 Å². The van der Waals surface area contributed by atoms with Crippen molar-refractivity contribution in [2.45, 2.75) is 5.88 Å². The lowest BCUT2D eigenvalue weighted by atomic mass is 10.2. The number of hydrogen-bond acceptors (Lipinski definition) is 1. The molecule has 0 aliphatic heterocycles. The summed E-state index contributed by atoms with van der Waals surface area (Å²) in [6, 6.07) is 7.68. The first-order valence-corrected chi connectivity index (χ1v) is 8.01. The van der Waals surface area contributed by atoms with Gasteiger partial charge in [-0.1, -0.05) is 15.9 Å². The Bertz CT molecular complexity index is 849. The second kappa shape index (κ2) is 5.66. The van der Waals surface area contributed by atoms with E-state index in [-0.39, 0.29) is 16.0 Å². The van der Waals surface area contributed by atoms with Gasteiger partial charge in [0.05, 0.1) is 27.1 Å². The Morgan fingerprint density at radius 3 is 2.57 bits per heavy atom. The summed E-state index contributed by atoms with van der Waals surface area (Å²) in [6.07, 6.45) is 0. The number of alkyl halides is 1. The van der Waals surface area contributed by atoms with Crippen molar-refractivity contribution in [2.75, 3.05) is 0 Å². The van der Waals surface area contributed by atoms with E-state index in [1.165, 1.54) is 6.07 Å². The molecule has 3 rings (SSSR count). The van der Waals surface area contributed by atoms with E-state index in [2.05, 4.69) is 36.8 Å². The number of hydrogen-bond donors (Lipinski definition) is 0. The summed E-state index contributed by atoms with van der Waals surface area (Å²) in [4.78, 5) is 4.38. The van der Waals surface area contributed by atoms with Crippen LogP contribution in [0.4, 0.5) is 8.78 Å². The Kier molecular flexibility index (Phi) is 4.03. The van der Waals surface area contributed by atoms with Crippen molar-refractivity contribution in [3.8, 4) is 5.69 Å². The highest BCUT2D eigenvalue weighted by atomic mass is 79.9. The van der Waals surface area contributed by atoms with Crippen molar-refractivity contribution >= 4 is 54.5 Å². The lowest BCUT2D eigenvalue weighted by Gasteiger charge is -2.10. The van der Waals surface area contributed by atoms with Gasteiger partial charge < -0.3 is 0 Å². The Balaban J connectivity index is 2.38. The number of imidazole rings is 1. The average molecular weight is 436 g/mol. The van der Waals surface area contributed by atoms with Crippen LogP contribution in [-0.2, 0) is 5.88 Å². The van der Waals surface area contributed by atoms with Crippen LogP contribution in [-0.4, -0.2) is 9.55 Å². The van der Waals surface area contributed by atoms with Crippen molar-refractivity contribution < 1.29 is 8.78 Å². The van der Waals surface area contributed by atoms with Gasteiger partial charge in [0.2, 0.25) is 0 Å². The summed E-state index contributed by atoms with van der Waals surface area (Å²) in [5.74, 6) is -0.737. The summed E-state index contributed by atoms with van der Waals surface area (Å²) < 4.78 is 30.2. The smallest absolute Gasteiger partial charge is 0.150 e. The van der Waals surface area contributed by atoms with E-state index in [4.69, 9.17) is 11.6 Å². The second-order valence-corrected chi connectivity index (χ2v) is 6.39. The van der Waals surface area contributed by atoms with Crippen molar-refractivity contribution in [2.24, 2.45) is 0 Å². The fourth-order valence-electron chi connectivity index (χ4n) is 2.14. The van der Waals surface area contributed by atoms with Gasteiger partial charge in [0, 0.05) is 10.5 Å². The van der Waals surface area contributed by atoms with Crippen LogP contribution in [0.15, 0.2) is 39.3 Å². The zero-order valence-corrected chi connectivity index (χ0v) is 14.3. The predicted molar refractivity (Wildman–Crippen MR) is 85.9 cm³/mol. The van der Waals surface area contributed by atoms with Gasteiger partial charge in [-0.2, -0.15) is 0 Å². The normalized spacial score (nSPS) is 11.3. The summed E-state index contributed by atoms with van der Waals surface area (Å²) in [5, 5.41) is 0. The average Bonchev–Trinajstić information content (AvgIpc) is 2.80. The molecule has 0 N–H and O–H groups in total. The van der Waals surface area contributed by atoms with Gasteiger partial charge in [0.15, 0.2) is 0 Å². The maximum atomic E-state index is 14.2. The molecule has 1 aromatic heterocycles. The molecule has 0 bridgehead atoms. The zero-order chi connectivity index (χ0) is 15.1. The number of halogens is 5. The monoisotopic (exact) mass is 434 g/mol. The molecular formula is C14H7Br2ClF2N2. The SMILES string of the molecule is Fc1cc(F)c(-n2c(CCl)nc3ccc(Br)cc32)cc1Br. The van der Waals surface area contributed by atoms with E-state index in [0.29, 0.717) is 16.9 Å². The van der Waals surface area contributed by atoms with Crippen LogP contribution < -0.4 is 0 Å². The van der Waals surface area contributed by atoms with E-state index in [9.17, 15) is 8.78 Å². The van der Waals surface area contributed by atoms with E-state index in [0.717, 1.165) is 10.5 Å². The molecule has 0 atom stereocenters. The van der Waals surface area contributed by atoms with Crippen molar-refractivity contribution in [1.82, 2.24) is 9.55 Å². The van der Waals surface area contributed by atoms with Crippen molar-refractivity contribution in [1.29, 1.82) is 0 Å². The number of nitrogens with zero attached hydrogens (tertiary/aromatic N) is 2. The largest absolute Gasteiger partial charge is 0.292 e. The molecule has 0 amide bonds. The fraction of sp³-hybridized carbons (Fsp3) is 0.0714. The minimum Gasteiger partial charge on any atom is -0.292 e. The molecule has 0 saturated carbocycles. The molecule has 0 radical (unpaired) electrons. The molecule has 0 aliphatic rings. The molecule has 108 valence electrons. The molecule has 1 heterocycles. The van der Waals surface area contributed by atoms with Crippen molar-refractivity contribution in [3.05, 3.63) is 56.7 Å². The molecule has 0 saturated heterocycles. The van der Waals surface area contributed by atoms with Gasteiger partial charge in [-0.3, -0.25) is 4.57 Å². The van der Waals surface area contributed by atoms with E-state index < -0.39 is 11.6 Å². The molecule has 0 fully saturated rings. The van der Waals surface area contributed by atoms with Crippen LogP contribution in [0.1, 0.15) is 5.82 Å². The minimum atomic E-state index is -0.679. The summed E-state index contributed by atoms with van der Waals surface area (Å²) >= 11 is 12.4. The minimum absolute atomic E-state index is 0.112. The third-order valence-electron chi connectivity index (χ3n) is 3.04. The second-order valence-electron chi connectivity index (χ2n) is 4.35. The van der Waals surface area contributed by atoms with E-state index in [1.807, 2.05) is 18.2 Å². The number of benzene rings is 2. The first-order valence-electron chi connectivity index (χ1n) is 5.89. The maximum absolute atomic E-state index is 14.2. The quantitative estimate of drug-likeness (QED) is 0.380. The Hall–Kier alpha value is -0.980. The van der Waals surface area contributed by atoms with Gasteiger partial charge in [-0.05, 0) is 40.2 Å². The zero-order valence-electron chi connectivity index (χ0n) is 10.4. The molecule has 21 heavy (non-hydrogen) atoms. The van der Waals surface area contributed by atoms with Crippen LogP contribution in [0.3, 0.4) is 0 Å². The first kappa shape index (κ1) is 14.9. The molecule has 3 aromatic rings. The molecule has 0 unspecified atom stereocenters. The molecule has 7 heteroatoms. The first-order chi connectivity index (χ1) is 10.0. The van der Waals surface area contributed by atoms with E-state index >= 15 is 0 Å². The van der Waals surface area contributed by atoms with Gasteiger partial charge in [0.1, 0.15) is 17.5 Å². The number of fused-ring (bicyclic) bond motifs is 1. The Morgan fingerprint density at radius 1 is 1.10 bits per heavy atom. The standard InChI is InChI=1S/C14H7Br2ClF2N2/c15-7-1-2-11-13(3-7)21(14(6-17)20-11)12-4-8(16)9(18)5-10(12)19/h1-5H,6H2. The highest BCUT2D eigenvalue weighted by Gasteiger charge is 2.17. The van der Waals surface area contributed by atoms with Crippen molar-refractivity contribution in [3.63, 3.8) is 0 Å². The summed E-state index contributed by atoms with van der Waals surface area (Å²) in [7, 11) is 0. The predicted octanol–water partition coefficient (Wildman–Crippen LogP) is 5.57. The Labute approximate surface area is 141 Å². The molecule has 2 nitrogen and oxygen atoms in total. The van der Waals surface area contributed by atoms with Crippen LogP contribution >= 0.6 is 43.5 Å². The van der Waals surface area contributed by atoms with Crippen LogP contribution in [0, 0.1) is 11.6 Å². The van der Waals surface area contributed by atoms with Gasteiger partial charge >= 0.3 is 0 Å². The van der Waals surface area contributed by atoms with Gasteiger partial charge in [-0.15, -0.1) is 11.6 Å².